The predicted octanol–water partition coefficient (Wildman–Crippen LogP) is 3.96. The number of nitrogens with one attached hydrogen (secondary N) is 1. The van der Waals surface area contributed by atoms with Crippen LogP contribution < -0.4 is 20.6 Å². The molecule has 2 aromatic rings. The molecule has 2 atom stereocenters. The highest BCUT2D eigenvalue weighted by Crippen LogP contribution is 2.30. The van der Waals surface area contributed by atoms with E-state index >= 15 is 0 Å². The van der Waals surface area contributed by atoms with Gasteiger partial charge in [-0.05, 0) is 87.4 Å². The number of aryl methyl sites for hydroxylation is 1. The summed E-state index contributed by atoms with van der Waals surface area (Å²) in [6.45, 7) is 4.08. The second-order valence-electron chi connectivity index (χ2n) is 10.9. The number of ether oxygens (including phenoxy) is 2. The number of piperidine rings is 1. The standard InChI is InChI=1S/C32H44N2O5/c1-23(35)38-28(14-12-24-13-15-31(37)32(20-24)39-27-16-18-33-19-17-27)21-26(36)9-5-3-2-4-8-25-22-34-30-11-7-6-10-29(25)30/h6-7,10-11,13,15,20,26-28,33,36-37H,2-5,8-9,12,14,16-19,21-22H2,1H3. The molecular weight excluding hydrogens is 492 g/mol. The summed E-state index contributed by atoms with van der Waals surface area (Å²) < 4.78 is 11.6. The number of aromatic hydroxyl groups is 1. The summed E-state index contributed by atoms with van der Waals surface area (Å²) in [6.07, 6.45) is 8.91. The fourth-order valence-corrected chi connectivity index (χ4v) is 5.57. The Kier molecular flexibility index (Phi) is 11.2. The smallest absolute Gasteiger partial charge is 0.302 e. The molecular formula is C32H44N2O5. The van der Waals surface area contributed by atoms with Crippen molar-refractivity contribution in [2.75, 3.05) is 19.6 Å². The number of para-hydroxylation sites is 1. The zero-order valence-electron chi connectivity index (χ0n) is 23.2. The van der Waals surface area contributed by atoms with Crippen molar-refractivity contribution in [2.24, 2.45) is 4.99 Å². The average molecular weight is 537 g/mol. The second-order valence-corrected chi connectivity index (χ2v) is 10.9. The summed E-state index contributed by atoms with van der Waals surface area (Å²) in [5, 5.41) is 26.7. The van der Waals surface area contributed by atoms with Crippen molar-refractivity contribution in [3.8, 4) is 11.5 Å². The fraction of sp³-hybridized carbons (Fsp3) is 0.562. The third-order valence-corrected chi connectivity index (χ3v) is 7.72. The molecule has 2 heterocycles. The van der Waals surface area contributed by atoms with E-state index in [1.54, 1.807) is 6.07 Å². The monoisotopic (exact) mass is 536 g/mol. The highest BCUT2D eigenvalue weighted by Gasteiger charge is 2.19. The molecule has 0 saturated carbocycles. The molecule has 0 bridgehead atoms. The van der Waals surface area contributed by atoms with E-state index in [0.717, 1.165) is 75.5 Å². The van der Waals surface area contributed by atoms with Gasteiger partial charge in [-0.15, -0.1) is 0 Å². The number of unbranched alkanes of at least 4 members (excludes halogenated alkanes) is 3. The molecule has 1 saturated heterocycles. The van der Waals surface area contributed by atoms with Gasteiger partial charge in [0.25, 0.3) is 0 Å². The fourth-order valence-electron chi connectivity index (χ4n) is 5.57. The van der Waals surface area contributed by atoms with Crippen LogP contribution in [0.1, 0.15) is 76.7 Å². The third kappa shape index (κ3) is 9.36. The Bertz CT molecular complexity index is 1190. The van der Waals surface area contributed by atoms with Crippen LogP contribution in [0.25, 0.3) is 5.57 Å². The van der Waals surface area contributed by atoms with Crippen molar-refractivity contribution >= 4 is 11.5 Å². The van der Waals surface area contributed by atoms with Gasteiger partial charge in [-0.25, -0.2) is 0 Å². The van der Waals surface area contributed by atoms with E-state index in [0.29, 0.717) is 31.4 Å². The number of phenols is 1. The molecule has 7 heteroatoms. The van der Waals surface area contributed by atoms with Gasteiger partial charge in [0, 0.05) is 18.6 Å². The molecule has 0 amide bonds. The number of carbonyl (C=O) groups excluding carboxylic acids is 1. The maximum absolute atomic E-state index is 11.7. The Morgan fingerprint density at radius 2 is 1.85 bits per heavy atom. The molecule has 3 N–H and O–H groups in total. The number of hydrogen-bond donors (Lipinski definition) is 3. The Labute approximate surface area is 232 Å². The largest absolute Gasteiger partial charge is 0.504 e. The van der Waals surface area contributed by atoms with Crippen LogP contribution >= 0.6 is 0 Å². The van der Waals surface area contributed by atoms with Crippen molar-refractivity contribution < 1.29 is 24.5 Å². The lowest BCUT2D eigenvalue weighted by Gasteiger charge is -2.24. The van der Waals surface area contributed by atoms with Gasteiger partial charge in [0.1, 0.15) is 12.2 Å². The van der Waals surface area contributed by atoms with E-state index in [1.165, 1.54) is 17.7 Å². The summed E-state index contributed by atoms with van der Waals surface area (Å²) in [5.41, 5.74) is 2.45. The molecule has 2 aliphatic rings. The van der Waals surface area contributed by atoms with Gasteiger partial charge in [0.2, 0.25) is 0 Å². The Balaban J connectivity index is 1.17. The maximum atomic E-state index is 11.7. The van der Waals surface area contributed by atoms with Crippen molar-refractivity contribution in [2.45, 2.75) is 95.9 Å². The number of aliphatic hydroxyl groups excluding tert-OH is 1. The zero-order valence-corrected chi connectivity index (χ0v) is 23.2. The van der Waals surface area contributed by atoms with E-state index in [1.807, 2.05) is 18.2 Å². The van der Waals surface area contributed by atoms with E-state index in [2.05, 4.69) is 28.5 Å². The normalized spacial score (nSPS) is 16.8. The first-order valence-corrected chi connectivity index (χ1v) is 14.6. The molecule has 39 heavy (non-hydrogen) atoms. The molecule has 2 aromatic carbocycles. The quantitative estimate of drug-likeness (QED) is 0.235. The number of hydrogen-bond acceptors (Lipinski definition) is 7. The first-order valence-electron chi connectivity index (χ1n) is 14.6. The van der Waals surface area contributed by atoms with Gasteiger partial charge in [0.15, 0.2) is 11.5 Å². The van der Waals surface area contributed by atoms with Crippen LogP contribution in [0, 0.1) is 0 Å². The summed E-state index contributed by atoms with van der Waals surface area (Å²) in [5.74, 6) is 0.324. The zero-order chi connectivity index (χ0) is 27.5. The van der Waals surface area contributed by atoms with Crippen LogP contribution in [0.4, 0.5) is 0 Å². The Morgan fingerprint density at radius 3 is 2.67 bits per heavy atom. The van der Waals surface area contributed by atoms with Gasteiger partial charge < -0.3 is 25.0 Å². The van der Waals surface area contributed by atoms with Crippen LogP contribution in [0.3, 0.4) is 0 Å². The van der Waals surface area contributed by atoms with Crippen molar-refractivity contribution in [3.05, 3.63) is 58.6 Å². The average Bonchev–Trinajstić information content (AvgIpc) is 3.34. The molecule has 4 rings (SSSR count). The summed E-state index contributed by atoms with van der Waals surface area (Å²) >= 11 is 0. The number of rotatable bonds is 15. The summed E-state index contributed by atoms with van der Waals surface area (Å²) in [4.78, 5) is 16.3. The van der Waals surface area contributed by atoms with Crippen molar-refractivity contribution in [3.63, 3.8) is 0 Å². The molecule has 0 spiro atoms. The maximum Gasteiger partial charge on any atom is 0.302 e. The number of benzene rings is 2. The molecule has 2 aliphatic heterocycles. The van der Waals surface area contributed by atoms with Crippen LogP contribution in [0.5, 0.6) is 11.5 Å². The molecule has 2 unspecified atom stereocenters. The highest BCUT2D eigenvalue weighted by molar-refractivity contribution is 5.66. The van der Waals surface area contributed by atoms with Crippen molar-refractivity contribution in [1.29, 1.82) is 0 Å². The van der Waals surface area contributed by atoms with Crippen LogP contribution in [0.15, 0.2) is 47.5 Å². The van der Waals surface area contributed by atoms with E-state index in [4.69, 9.17) is 9.47 Å². The molecule has 212 valence electrons. The SMILES string of the molecule is CC(=O)OC(CCc1ccc(O)c(OC2CCNCC2)c1)CC(O)CCCCCCC1=c2ccccc2=NC1. The number of fused-ring (bicyclic) bond motifs is 1. The van der Waals surface area contributed by atoms with Crippen molar-refractivity contribution in [1.82, 2.24) is 5.32 Å². The first kappa shape index (κ1) is 29.1. The molecule has 7 nitrogen and oxygen atoms in total. The lowest BCUT2D eigenvalue weighted by Crippen LogP contribution is -2.34. The van der Waals surface area contributed by atoms with Gasteiger partial charge in [-0.1, -0.05) is 43.5 Å². The minimum Gasteiger partial charge on any atom is -0.504 e. The van der Waals surface area contributed by atoms with Gasteiger partial charge in [-0.2, -0.15) is 0 Å². The van der Waals surface area contributed by atoms with Gasteiger partial charge in [-0.3, -0.25) is 9.79 Å². The van der Waals surface area contributed by atoms with E-state index < -0.39 is 6.10 Å². The lowest BCUT2D eigenvalue weighted by atomic mass is 9.98. The number of nitrogens with zero attached hydrogens (tertiary/aromatic N) is 1. The predicted molar refractivity (Wildman–Crippen MR) is 152 cm³/mol. The summed E-state index contributed by atoms with van der Waals surface area (Å²) in [7, 11) is 0. The molecule has 0 radical (unpaired) electrons. The number of aliphatic hydroxyl groups is 1. The minimum absolute atomic E-state index is 0.102. The van der Waals surface area contributed by atoms with E-state index in [-0.39, 0.29) is 23.9 Å². The first-order chi connectivity index (χ1) is 19.0. The van der Waals surface area contributed by atoms with Crippen LogP contribution in [0.2, 0.25) is 0 Å². The summed E-state index contributed by atoms with van der Waals surface area (Å²) in [6, 6.07) is 13.8. The molecule has 1 fully saturated rings. The number of phenolic OH excluding ortho intramolecular Hbond substituents is 1. The van der Waals surface area contributed by atoms with Gasteiger partial charge in [0.05, 0.1) is 18.0 Å². The topological polar surface area (TPSA) is 100 Å². The van der Waals surface area contributed by atoms with Crippen LogP contribution in [-0.4, -0.2) is 54.1 Å². The van der Waals surface area contributed by atoms with E-state index in [9.17, 15) is 15.0 Å². The Hall–Kier alpha value is -2.90. The highest BCUT2D eigenvalue weighted by atomic mass is 16.5. The molecule has 0 aromatic heterocycles. The minimum atomic E-state index is -0.497. The molecule has 0 aliphatic carbocycles. The van der Waals surface area contributed by atoms with Crippen LogP contribution in [-0.2, 0) is 16.0 Å². The number of esters is 1. The second kappa shape index (κ2) is 15.0. The Morgan fingerprint density at radius 1 is 1.05 bits per heavy atom. The lowest BCUT2D eigenvalue weighted by molar-refractivity contribution is -0.148. The van der Waals surface area contributed by atoms with Gasteiger partial charge >= 0.3 is 5.97 Å². The number of carbonyl (C=O) groups is 1. The third-order valence-electron chi connectivity index (χ3n) is 7.72.